The summed E-state index contributed by atoms with van der Waals surface area (Å²) in [4.78, 5) is 16.2. The van der Waals surface area contributed by atoms with E-state index < -0.39 is 11.0 Å². The summed E-state index contributed by atoms with van der Waals surface area (Å²) >= 11 is 0. The minimum atomic E-state index is -1.04. The number of fused-ring (bicyclic) bond motifs is 1. The lowest BCUT2D eigenvalue weighted by molar-refractivity contribution is -0.164. The van der Waals surface area contributed by atoms with E-state index in [1.165, 1.54) is 18.4 Å². The third kappa shape index (κ3) is 3.17. The number of Topliss-reactive ketones (excluding diaryl/α,β-unsaturated/α-hetero) is 1. The Bertz CT molecular complexity index is 1150. The van der Waals surface area contributed by atoms with Crippen LogP contribution < -0.4 is 9.47 Å². The van der Waals surface area contributed by atoms with Crippen LogP contribution in [0.15, 0.2) is 48.0 Å². The summed E-state index contributed by atoms with van der Waals surface area (Å²) in [5.74, 6) is 2.21. The number of hydrogen-bond acceptors (Lipinski definition) is 5. The van der Waals surface area contributed by atoms with Crippen LogP contribution in [0, 0.1) is 5.92 Å². The molecule has 2 aromatic rings. The third-order valence-electron chi connectivity index (χ3n) is 8.78. The van der Waals surface area contributed by atoms with Gasteiger partial charge >= 0.3 is 0 Å². The van der Waals surface area contributed by atoms with E-state index in [0.717, 1.165) is 48.5 Å². The first kappa shape index (κ1) is 21.9. The van der Waals surface area contributed by atoms with Crippen LogP contribution in [-0.2, 0) is 16.6 Å². The smallest absolute Gasteiger partial charge is 0.164 e. The van der Waals surface area contributed by atoms with Crippen LogP contribution in [-0.4, -0.2) is 54.7 Å². The Morgan fingerprint density at radius 1 is 1.09 bits per heavy atom. The van der Waals surface area contributed by atoms with E-state index in [1.54, 1.807) is 14.2 Å². The molecule has 4 aliphatic rings. The molecule has 0 aromatic heterocycles. The zero-order valence-electron chi connectivity index (χ0n) is 20.0. The SMILES string of the molecule is COc1ccc2c(c1OC)[C@]13CCN(CC4CC4)[C@H](C2)[C@]1(O)C/C(=C\c1ccccc1)C(=O)C3. The molecule has 0 radical (unpaired) electrons. The van der Waals surface area contributed by atoms with E-state index in [-0.39, 0.29) is 11.8 Å². The van der Waals surface area contributed by atoms with Gasteiger partial charge in [0.1, 0.15) is 0 Å². The Morgan fingerprint density at radius 3 is 2.59 bits per heavy atom. The fourth-order valence-electron chi connectivity index (χ4n) is 6.96. The van der Waals surface area contributed by atoms with Crippen LogP contribution in [0.4, 0.5) is 0 Å². The number of piperidine rings is 1. The molecule has 2 bridgehead atoms. The third-order valence-corrected chi connectivity index (χ3v) is 8.78. The quantitative estimate of drug-likeness (QED) is 0.681. The van der Waals surface area contributed by atoms with Crippen molar-refractivity contribution in [1.29, 1.82) is 0 Å². The highest BCUT2D eigenvalue weighted by molar-refractivity contribution is 6.02. The van der Waals surface area contributed by atoms with Crippen LogP contribution in [0.2, 0.25) is 0 Å². The first-order valence-corrected chi connectivity index (χ1v) is 12.5. The monoisotopic (exact) mass is 459 g/mol. The van der Waals surface area contributed by atoms with Crippen molar-refractivity contribution in [2.45, 2.75) is 55.6 Å². The normalized spacial score (nSPS) is 31.7. The van der Waals surface area contributed by atoms with E-state index in [2.05, 4.69) is 11.0 Å². The molecule has 3 atom stereocenters. The van der Waals surface area contributed by atoms with Crippen molar-refractivity contribution < 1.29 is 19.4 Å². The van der Waals surface area contributed by atoms with E-state index in [4.69, 9.17) is 9.47 Å². The molecular weight excluding hydrogens is 426 g/mol. The van der Waals surface area contributed by atoms with Gasteiger partial charge in [-0.2, -0.15) is 0 Å². The molecule has 1 heterocycles. The minimum Gasteiger partial charge on any atom is -0.493 e. The number of carbonyl (C=O) groups excluding carboxylic acids is 1. The molecule has 178 valence electrons. The van der Waals surface area contributed by atoms with Crippen LogP contribution in [0.5, 0.6) is 11.5 Å². The maximum Gasteiger partial charge on any atom is 0.164 e. The van der Waals surface area contributed by atoms with Crippen molar-refractivity contribution >= 4 is 11.9 Å². The maximum atomic E-state index is 13.7. The Kier molecular flexibility index (Phi) is 5.12. The second kappa shape index (κ2) is 7.96. The van der Waals surface area contributed by atoms with Crippen LogP contribution in [0.1, 0.15) is 48.8 Å². The molecule has 6 rings (SSSR count). The number of aliphatic hydroxyl groups is 1. The van der Waals surface area contributed by atoms with Gasteiger partial charge in [-0.25, -0.2) is 0 Å². The first-order chi connectivity index (χ1) is 16.5. The molecule has 5 heteroatoms. The van der Waals surface area contributed by atoms with E-state index in [1.807, 2.05) is 42.5 Å². The van der Waals surface area contributed by atoms with E-state index in [0.29, 0.717) is 24.3 Å². The summed E-state index contributed by atoms with van der Waals surface area (Å²) in [5.41, 5.74) is 2.19. The van der Waals surface area contributed by atoms with Gasteiger partial charge in [-0.15, -0.1) is 0 Å². The van der Waals surface area contributed by atoms with E-state index in [9.17, 15) is 9.90 Å². The first-order valence-electron chi connectivity index (χ1n) is 12.5. The molecule has 0 amide bonds. The van der Waals surface area contributed by atoms with Crippen molar-refractivity contribution in [1.82, 2.24) is 4.90 Å². The van der Waals surface area contributed by atoms with Gasteiger partial charge in [0.15, 0.2) is 17.3 Å². The molecular formula is C29H33NO4. The number of ether oxygens (including phenoxy) is 2. The summed E-state index contributed by atoms with van der Waals surface area (Å²) in [6, 6.07) is 14.0. The van der Waals surface area contributed by atoms with Gasteiger partial charge in [-0.05, 0) is 67.0 Å². The molecule has 3 fully saturated rings. The summed E-state index contributed by atoms with van der Waals surface area (Å²) in [5, 5.41) is 12.7. The highest BCUT2D eigenvalue weighted by Crippen LogP contribution is 2.61. The summed E-state index contributed by atoms with van der Waals surface area (Å²) in [7, 11) is 3.30. The Hall–Kier alpha value is -2.63. The highest BCUT2D eigenvalue weighted by atomic mass is 16.5. The predicted molar refractivity (Wildman–Crippen MR) is 131 cm³/mol. The van der Waals surface area contributed by atoms with Crippen molar-refractivity contribution in [3.8, 4) is 11.5 Å². The number of methoxy groups -OCH3 is 2. The van der Waals surface area contributed by atoms with Crippen molar-refractivity contribution in [3.05, 3.63) is 64.7 Å². The van der Waals surface area contributed by atoms with Crippen molar-refractivity contribution in [2.75, 3.05) is 27.3 Å². The van der Waals surface area contributed by atoms with Crippen LogP contribution in [0.25, 0.3) is 6.08 Å². The number of nitrogens with zero attached hydrogens (tertiary/aromatic N) is 1. The van der Waals surface area contributed by atoms with E-state index >= 15 is 0 Å². The molecule has 5 nitrogen and oxygen atoms in total. The number of ketones is 1. The van der Waals surface area contributed by atoms with Gasteiger partial charge in [0, 0.05) is 36.4 Å². The van der Waals surface area contributed by atoms with Gasteiger partial charge in [0.05, 0.1) is 19.8 Å². The summed E-state index contributed by atoms with van der Waals surface area (Å²) in [6.07, 6.45) is 6.71. The van der Waals surface area contributed by atoms with Crippen molar-refractivity contribution in [2.24, 2.45) is 5.92 Å². The van der Waals surface area contributed by atoms with Gasteiger partial charge in [0.25, 0.3) is 0 Å². The van der Waals surface area contributed by atoms with Gasteiger partial charge in [-0.1, -0.05) is 36.4 Å². The van der Waals surface area contributed by atoms with Gasteiger partial charge in [0.2, 0.25) is 0 Å². The zero-order chi connectivity index (χ0) is 23.5. The summed E-state index contributed by atoms with van der Waals surface area (Å²) < 4.78 is 11.5. The van der Waals surface area contributed by atoms with Gasteiger partial charge in [-0.3, -0.25) is 9.69 Å². The lowest BCUT2D eigenvalue weighted by Crippen LogP contribution is -2.73. The molecule has 1 N–H and O–H groups in total. The molecule has 2 saturated carbocycles. The molecule has 1 saturated heterocycles. The molecule has 0 unspecified atom stereocenters. The summed E-state index contributed by atoms with van der Waals surface area (Å²) in [6.45, 7) is 1.94. The van der Waals surface area contributed by atoms with Crippen LogP contribution in [0.3, 0.4) is 0 Å². The lowest BCUT2D eigenvalue weighted by atomic mass is 9.48. The average Bonchev–Trinajstić information content (AvgIpc) is 3.66. The largest absolute Gasteiger partial charge is 0.493 e. The molecule has 3 aliphatic carbocycles. The number of rotatable bonds is 5. The number of carbonyl (C=O) groups is 1. The molecule has 0 spiro atoms. The van der Waals surface area contributed by atoms with Crippen molar-refractivity contribution in [3.63, 3.8) is 0 Å². The Balaban J connectivity index is 1.51. The highest BCUT2D eigenvalue weighted by Gasteiger charge is 2.66. The van der Waals surface area contributed by atoms with Gasteiger partial charge < -0.3 is 14.6 Å². The molecule has 1 aliphatic heterocycles. The Morgan fingerprint density at radius 2 is 1.88 bits per heavy atom. The number of hydrogen-bond donors (Lipinski definition) is 1. The second-order valence-electron chi connectivity index (χ2n) is 10.6. The lowest BCUT2D eigenvalue weighted by Gasteiger charge is -2.63. The fourth-order valence-corrected chi connectivity index (χ4v) is 6.96. The standard InChI is InChI=1S/C29H33NO4/c1-33-24-11-10-21-15-25-29(32)16-22(14-19-6-4-3-5-7-19)23(31)17-28(29,26(21)27(24)34-2)12-13-30(25)18-20-8-9-20/h3-7,10-11,14,20,25,32H,8-9,12-13,15-18H2,1-2H3/b22-14+/t25-,28-,29-/m1/s1. The minimum absolute atomic E-state index is 0.0141. The van der Waals surface area contributed by atoms with Crippen LogP contribution >= 0.6 is 0 Å². The predicted octanol–water partition coefficient (Wildman–Crippen LogP) is 4.16. The molecule has 2 aromatic carbocycles. The maximum absolute atomic E-state index is 13.7. The number of benzene rings is 2. The topological polar surface area (TPSA) is 59.0 Å². The second-order valence-corrected chi connectivity index (χ2v) is 10.6. The fraction of sp³-hybridized carbons (Fsp3) is 0.483. The Labute approximate surface area is 201 Å². The average molecular weight is 460 g/mol. The molecule has 34 heavy (non-hydrogen) atoms. The zero-order valence-corrected chi connectivity index (χ0v) is 20.0. The number of likely N-dealkylation sites (tertiary alicyclic amines) is 1.